The van der Waals surface area contributed by atoms with Crippen LogP contribution in [0.4, 0.5) is 0 Å². The van der Waals surface area contributed by atoms with Gasteiger partial charge in [-0.3, -0.25) is 14.4 Å². The molecule has 4 rings (SSSR count). The van der Waals surface area contributed by atoms with Gasteiger partial charge < -0.3 is 36.8 Å². The van der Waals surface area contributed by atoms with Gasteiger partial charge in [0.1, 0.15) is 18.1 Å². The largest absolute Gasteiger partial charge is 0.480 e. The van der Waals surface area contributed by atoms with E-state index in [1.165, 1.54) is 6.92 Å². The number of carbonyl (C=O) groups is 4. The van der Waals surface area contributed by atoms with E-state index in [-0.39, 0.29) is 18.6 Å². The monoisotopic (exact) mass is 564 g/mol. The fourth-order valence-corrected chi connectivity index (χ4v) is 4.65. The Morgan fingerprint density at radius 1 is 0.800 bits per heavy atom. The van der Waals surface area contributed by atoms with E-state index < -0.39 is 47.9 Å². The summed E-state index contributed by atoms with van der Waals surface area (Å²) >= 11 is 4.05. The van der Waals surface area contributed by atoms with Crippen molar-refractivity contribution in [1.82, 2.24) is 25.9 Å². The normalized spacial score (nSPS) is 14.3. The molecule has 2 heterocycles. The number of aromatic amines is 2. The van der Waals surface area contributed by atoms with E-state index in [4.69, 9.17) is 5.73 Å². The summed E-state index contributed by atoms with van der Waals surface area (Å²) in [6.07, 6.45) is 3.65. The van der Waals surface area contributed by atoms with Crippen LogP contribution in [-0.4, -0.2) is 68.7 Å². The number of carboxylic acids is 1. The average molecular weight is 565 g/mol. The molecule has 0 spiro atoms. The number of benzene rings is 2. The zero-order chi connectivity index (χ0) is 28.8. The number of aliphatic carboxylic acids is 1. The highest BCUT2D eigenvalue weighted by Crippen LogP contribution is 2.20. The van der Waals surface area contributed by atoms with Gasteiger partial charge in [0.2, 0.25) is 17.7 Å². The number of nitrogens with one attached hydrogen (secondary N) is 5. The Kier molecular flexibility index (Phi) is 9.12. The van der Waals surface area contributed by atoms with Crippen LogP contribution in [0.1, 0.15) is 18.1 Å². The number of thiol groups is 1. The van der Waals surface area contributed by atoms with Crippen molar-refractivity contribution in [3.63, 3.8) is 0 Å². The van der Waals surface area contributed by atoms with Crippen LogP contribution in [0.2, 0.25) is 0 Å². The van der Waals surface area contributed by atoms with E-state index in [2.05, 4.69) is 38.5 Å². The van der Waals surface area contributed by atoms with Gasteiger partial charge in [-0.1, -0.05) is 36.4 Å². The minimum atomic E-state index is -1.22. The average Bonchev–Trinajstić information content (AvgIpc) is 3.55. The maximum atomic E-state index is 13.3. The summed E-state index contributed by atoms with van der Waals surface area (Å²) < 4.78 is 0. The lowest BCUT2D eigenvalue weighted by atomic mass is 10.0. The van der Waals surface area contributed by atoms with Crippen molar-refractivity contribution in [2.75, 3.05) is 5.75 Å². The van der Waals surface area contributed by atoms with Crippen LogP contribution in [0.5, 0.6) is 0 Å². The molecule has 0 aliphatic rings. The molecule has 40 heavy (non-hydrogen) atoms. The Bertz CT molecular complexity index is 1530. The van der Waals surface area contributed by atoms with E-state index >= 15 is 0 Å². The number of carbonyl (C=O) groups excluding carboxylic acids is 3. The number of nitrogens with two attached hydrogens (primary N) is 1. The number of amides is 3. The minimum absolute atomic E-state index is 0.0482. The standard InChI is InChI=1S/C28H32N6O5S/c1-15(25(35)34-24(28(38)39)11-17-13-31-22-9-5-3-7-19(17)22)32-27(37)23(33-26(36)20(29)14-40)10-16-12-30-21-8-4-2-6-18(16)21/h2-9,12-13,15,20,23-24,30-31,40H,10-11,14,29H2,1H3,(H,32,37)(H,33,36)(H,34,35)(H,38,39). The van der Waals surface area contributed by atoms with Crippen LogP contribution in [0, 0.1) is 0 Å². The molecule has 12 heteroatoms. The summed E-state index contributed by atoms with van der Waals surface area (Å²) in [4.78, 5) is 57.0. The van der Waals surface area contributed by atoms with Gasteiger partial charge in [-0.05, 0) is 30.2 Å². The first-order chi connectivity index (χ1) is 19.2. The zero-order valence-corrected chi connectivity index (χ0v) is 22.7. The van der Waals surface area contributed by atoms with Crippen molar-refractivity contribution in [3.8, 4) is 0 Å². The van der Waals surface area contributed by atoms with E-state index in [1.807, 2.05) is 48.5 Å². The Morgan fingerprint density at radius 2 is 1.30 bits per heavy atom. The SMILES string of the molecule is CC(NC(=O)C(Cc1c[nH]c2ccccc12)NC(=O)C(N)CS)C(=O)NC(Cc1c[nH]c2ccccc12)C(=O)O. The molecule has 2 aromatic heterocycles. The van der Waals surface area contributed by atoms with Gasteiger partial charge in [-0.15, -0.1) is 0 Å². The van der Waals surface area contributed by atoms with E-state index in [0.717, 1.165) is 32.9 Å². The molecule has 0 aliphatic carbocycles. The van der Waals surface area contributed by atoms with Gasteiger partial charge in [0, 0.05) is 52.8 Å². The number of carboxylic acid groups (broad SMARTS) is 1. The van der Waals surface area contributed by atoms with Crippen molar-refractivity contribution in [2.45, 2.75) is 43.9 Å². The first kappa shape index (κ1) is 28.7. The molecule has 0 radical (unpaired) electrons. The minimum Gasteiger partial charge on any atom is -0.480 e. The summed E-state index contributed by atoms with van der Waals surface area (Å²) in [6, 6.07) is 10.7. The molecular weight excluding hydrogens is 532 g/mol. The van der Waals surface area contributed by atoms with Crippen molar-refractivity contribution < 1.29 is 24.3 Å². The zero-order valence-electron chi connectivity index (χ0n) is 21.8. The van der Waals surface area contributed by atoms with Gasteiger partial charge in [0.25, 0.3) is 0 Å². The topological polar surface area (TPSA) is 182 Å². The van der Waals surface area contributed by atoms with Gasteiger partial charge in [-0.25, -0.2) is 4.79 Å². The van der Waals surface area contributed by atoms with Crippen molar-refractivity contribution >= 4 is 58.1 Å². The predicted octanol–water partition coefficient (Wildman–Crippen LogP) is 1.25. The lowest BCUT2D eigenvalue weighted by molar-refractivity contribution is -0.142. The molecule has 2 aromatic carbocycles. The summed E-state index contributed by atoms with van der Waals surface area (Å²) in [7, 11) is 0. The van der Waals surface area contributed by atoms with Crippen LogP contribution in [0.25, 0.3) is 21.8 Å². The lowest BCUT2D eigenvalue weighted by Gasteiger charge is -2.23. The van der Waals surface area contributed by atoms with Gasteiger partial charge in [0.15, 0.2) is 0 Å². The maximum absolute atomic E-state index is 13.3. The molecule has 0 aliphatic heterocycles. The van der Waals surface area contributed by atoms with Crippen LogP contribution >= 0.6 is 12.6 Å². The summed E-state index contributed by atoms with van der Waals surface area (Å²) in [6.45, 7) is 1.45. The number of fused-ring (bicyclic) bond motifs is 2. The quantitative estimate of drug-likeness (QED) is 0.120. The van der Waals surface area contributed by atoms with Crippen molar-refractivity contribution in [1.29, 1.82) is 0 Å². The van der Waals surface area contributed by atoms with E-state index in [9.17, 15) is 24.3 Å². The molecule has 4 aromatic rings. The van der Waals surface area contributed by atoms with Crippen LogP contribution < -0.4 is 21.7 Å². The fourth-order valence-electron chi connectivity index (χ4n) is 4.49. The summed E-state index contributed by atoms with van der Waals surface area (Å²) in [5, 5.41) is 19.3. The highest BCUT2D eigenvalue weighted by Gasteiger charge is 2.29. The van der Waals surface area contributed by atoms with Crippen LogP contribution in [0.15, 0.2) is 60.9 Å². The lowest BCUT2D eigenvalue weighted by Crippen LogP contribution is -2.57. The number of aromatic nitrogens is 2. The molecular formula is C28H32N6O5S. The molecule has 8 N–H and O–H groups in total. The Morgan fingerprint density at radius 3 is 1.82 bits per heavy atom. The maximum Gasteiger partial charge on any atom is 0.326 e. The first-order valence-corrected chi connectivity index (χ1v) is 13.4. The van der Waals surface area contributed by atoms with Gasteiger partial charge >= 0.3 is 5.97 Å². The van der Waals surface area contributed by atoms with E-state index in [0.29, 0.717) is 0 Å². The first-order valence-electron chi connectivity index (χ1n) is 12.8. The molecule has 3 amide bonds. The van der Waals surface area contributed by atoms with Crippen molar-refractivity contribution in [3.05, 3.63) is 72.1 Å². The highest BCUT2D eigenvalue weighted by molar-refractivity contribution is 7.80. The Hall–Kier alpha value is -4.29. The predicted molar refractivity (Wildman–Crippen MR) is 155 cm³/mol. The smallest absolute Gasteiger partial charge is 0.326 e. The second-order valence-electron chi connectivity index (χ2n) is 9.61. The molecule has 4 unspecified atom stereocenters. The highest BCUT2D eigenvalue weighted by atomic mass is 32.1. The summed E-state index contributed by atoms with van der Waals surface area (Å²) in [5.74, 6) is -2.97. The second-order valence-corrected chi connectivity index (χ2v) is 9.97. The second kappa shape index (κ2) is 12.7. The summed E-state index contributed by atoms with van der Waals surface area (Å²) in [5.41, 5.74) is 9.06. The molecule has 0 saturated carbocycles. The Labute approximate surface area is 235 Å². The molecule has 0 saturated heterocycles. The number of hydrogen-bond donors (Lipinski definition) is 8. The van der Waals surface area contributed by atoms with Gasteiger partial charge in [-0.2, -0.15) is 12.6 Å². The number of para-hydroxylation sites is 2. The molecule has 210 valence electrons. The third kappa shape index (κ3) is 6.64. The molecule has 0 bridgehead atoms. The Balaban J connectivity index is 1.45. The fraction of sp³-hybridized carbons (Fsp3) is 0.286. The van der Waals surface area contributed by atoms with Gasteiger partial charge in [0.05, 0.1) is 6.04 Å². The molecule has 0 fully saturated rings. The molecule has 4 atom stereocenters. The van der Waals surface area contributed by atoms with Crippen LogP contribution in [0.3, 0.4) is 0 Å². The van der Waals surface area contributed by atoms with Crippen molar-refractivity contribution in [2.24, 2.45) is 5.73 Å². The molecule has 11 nitrogen and oxygen atoms in total. The number of hydrogen-bond acceptors (Lipinski definition) is 6. The van der Waals surface area contributed by atoms with Crippen LogP contribution in [-0.2, 0) is 32.0 Å². The number of H-pyrrole nitrogens is 2. The third-order valence-corrected chi connectivity index (χ3v) is 7.12. The number of rotatable bonds is 12. The third-order valence-electron chi connectivity index (χ3n) is 6.73. The van der Waals surface area contributed by atoms with E-state index in [1.54, 1.807) is 12.4 Å².